The van der Waals surface area contributed by atoms with E-state index in [-0.39, 0.29) is 12.6 Å². The molecule has 0 saturated heterocycles. The zero-order valence-electron chi connectivity index (χ0n) is 15.6. The minimum absolute atomic E-state index is 0.0191. The summed E-state index contributed by atoms with van der Waals surface area (Å²) in [6, 6.07) is 0. The summed E-state index contributed by atoms with van der Waals surface area (Å²) in [5.41, 5.74) is 0.287. The largest absolute Gasteiger partial charge is 0.475 e. The predicted molar refractivity (Wildman–Crippen MR) is 89.7 cm³/mol. The van der Waals surface area contributed by atoms with Crippen LogP contribution in [0.4, 0.5) is 0 Å². The quantitative estimate of drug-likeness (QED) is 0.603. The van der Waals surface area contributed by atoms with Crippen molar-refractivity contribution in [3.8, 4) is 5.75 Å². The average Bonchev–Trinajstić information content (AvgIpc) is 2.44. The van der Waals surface area contributed by atoms with E-state index in [1.165, 1.54) is 0 Å². The summed E-state index contributed by atoms with van der Waals surface area (Å²) in [6.07, 6.45) is 0. The number of hydrogen-bond acceptors (Lipinski definition) is 6. The first-order valence-electron chi connectivity index (χ1n) is 7.84. The Hall–Kier alpha value is -1.73. The maximum Gasteiger partial charge on any atom is 0.373 e. The van der Waals surface area contributed by atoms with Gasteiger partial charge in [0.1, 0.15) is 0 Å². The van der Waals surface area contributed by atoms with Crippen LogP contribution in [-0.2, 0) is 20.3 Å². The summed E-state index contributed by atoms with van der Waals surface area (Å²) in [7, 11) is 1.60. The molecule has 136 valence electrons. The Morgan fingerprint density at radius 2 is 1.50 bits per heavy atom. The average molecular weight is 340 g/mol. The van der Waals surface area contributed by atoms with Crippen LogP contribution in [0.2, 0.25) is 0 Å². The molecule has 1 aromatic heterocycles. The number of carbonyl (C=O) groups is 1. The molecule has 7 heteroatoms. The molecular formula is C17H28N2O5. The van der Waals surface area contributed by atoms with E-state index in [4.69, 9.17) is 14.2 Å². The summed E-state index contributed by atoms with van der Waals surface area (Å²) >= 11 is 0. The van der Waals surface area contributed by atoms with Crippen molar-refractivity contribution in [2.24, 2.45) is 0 Å². The van der Waals surface area contributed by atoms with Gasteiger partial charge in [-0.15, -0.1) is 0 Å². The fraction of sp³-hybridized carbons (Fsp3) is 0.706. The monoisotopic (exact) mass is 340 g/mol. The molecule has 0 radical (unpaired) electrons. The van der Waals surface area contributed by atoms with Gasteiger partial charge in [-0.05, 0) is 0 Å². The van der Waals surface area contributed by atoms with Gasteiger partial charge in [-0.25, -0.2) is 14.8 Å². The van der Waals surface area contributed by atoms with Crippen LogP contribution in [0, 0.1) is 0 Å². The van der Waals surface area contributed by atoms with Gasteiger partial charge in [-0.3, -0.25) is 0 Å². The number of methoxy groups -OCH3 is 1. The van der Waals surface area contributed by atoms with Gasteiger partial charge in [0.2, 0.25) is 5.82 Å². The number of hydrogen-bond donors (Lipinski definition) is 1. The molecule has 0 aromatic carbocycles. The number of rotatable bonds is 7. The van der Waals surface area contributed by atoms with Crippen molar-refractivity contribution in [3.63, 3.8) is 0 Å². The van der Waals surface area contributed by atoms with E-state index in [0.717, 1.165) is 0 Å². The Morgan fingerprint density at radius 3 is 1.88 bits per heavy atom. The molecule has 7 nitrogen and oxygen atoms in total. The fourth-order valence-electron chi connectivity index (χ4n) is 2.00. The lowest BCUT2D eigenvalue weighted by Gasteiger charge is -2.28. The second-order valence-electron chi connectivity index (χ2n) is 7.54. The number of ether oxygens (including phenoxy) is 3. The molecule has 0 spiro atoms. The van der Waals surface area contributed by atoms with Crippen LogP contribution in [0.1, 0.15) is 63.5 Å². The standard InChI is InChI=1S/C17H28N2O5/c1-16(2,3)12-11(24-10-23-9-8-22-7)13(17(4,5)6)19-14(18-12)15(20)21/h8-10H2,1-7H3,(H,20,21). The van der Waals surface area contributed by atoms with Crippen LogP contribution < -0.4 is 4.74 Å². The van der Waals surface area contributed by atoms with Crippen molar-refractivity contribution in [3.05, 3.63) is 17.2 Å². The third-order valence-corrected chi connectivity index (χ3v) is 3.20. The number of nitrogens with zero attached hydrogens (tertiary/aromatic N) is 2. The summed E-state index contributed by atoms with van der Waals surface area (Å²) in [5.74, 6) is -0.899. The van der Waals surface area contributed by atoms with E-state index in [2.05, 4.69) is 9.97 Å². The second-order valence-corrected chi connectivity index (χ2v) is 7.54. The summed E-state index contributed by atoms with van der Waals surface area (Å²) in [5, 5.41) is 9.32. The minimum Gasteiger partial charge on any atom is -0.475 e. The van der Waals surface area contributed by atoms with Crippen molar-refractivity contribution in [2.45, 2.75) is 52.4 Å². The Kier molecular flexibility index (Phi) is 6.68. The molecule has 1 N–H and O–H groups in total. The van der Waals surface area contributed by atoms with E-state index < -0.39 is 16.8 Å². The van der Waals surface area contributed by atoms with Crippen LogP contribution in [-0.4, -0.2) is 48.2 Å². The van der Waals surface area contributed by atoms with Gasteiger partial charge in [-0.1, -0.05) is 41.5 Å². The van der Waals surface area contributed by atoms with Gasteiger partial charge >= 0.3 is 5.97 Å². The van der Waals surface area contributed by atoms with Crippen LogP contribution in [0.15, 0.2) is 0 Å². The fourth-order valence-corrected chi connectivity index (χ4v) is 2.00. The molecule has 0 aliphatic carbocycles. The van der Waals surface area contributed by atoms with Crippen molar-refractivity contribution in [2.75, 3.05) is 27.1 Å². The van der Waals surface area contributed by atoms with E-state index in [9.17, 15) is 9.90 Å². The van der Waals surface area contributed by atoms with E-state index >= 15 is 0 Å². The summed E-state index contributed by atoms with van der Waals surface area (Å²) < 4.78 is 16.1. The van der Waals surface area contributed by atoms with Gasteiger partial charge in [0.15, 0.2) is 12.5 Å². The molecule has 0 amide bonds. The Bertz CT molecular complexity index is 538. The third kappa shape index (κ3) is 5.42. The van der Waals surface area contributed by atoms with Gasteiger partial charge in [0.25, 0.3) is 0 Å². The molecule has 0 unspecified atom stereocenters. The maximum absolute atomic E-state index is 11.4. The molecule has 0 aliphatic rings. The molecule has 0 saturated carbocycles. The molecule has 0 fully saturated rings. The number of aromatic nitrogens is 2. The van der Waals surface area contributed by atoms with Crippen LogP contribution in [0.5, 0.6) is 5.75 Å². The molecule has 0 bridgehead atoms. The Balaban J connectivity index is 3.32. The first-order chi connectivity index (χ1) is 11.0. The van der Waals surface area contributed by atoms with Gasteiger partial charge in [0.05, 0.1) is 24.6 Å². The normalized spacial score (nSPS) is 12.3. The molecule has 1 rings (SSSR count). The van der Waals surface area contributed by atoms with Gasteiger partial charge in [-0.2, -0.15) is 0 Å². The SMILES string of the molecule is COCCOCOc1c(C(C)(C)C)nc(C(=O)O)nc1C(C)(C)C. The molecule has 0 atom stereocenters. The van der Waals surface area contributed by atoms with Crippen LogP contribution in [0.25, 0.3) is 0 Å². The van der Waals surface area contributed by atoms with Crippen LogP contribution in [0.3, 0.4) is 0 Å². The topological polar surface area (TPSA) is 90.8 Å². The van der Waals surface area contributed by atoms with Crippen molar-refractivity contribution in [1.29, 1.82) is 0 Å². The highest BCUT2D eigenvalue weighted by Crippen LogP contribution is 2.37. The van der Waals surface area contributed by atoms with E-state index in [0.29, 0.717) is 30.4 Å². The highest BCUT2D eigenvalue weighted by Gasteiger charge is 2.32. The number of aromatic carboxylic acids is 1. The third-order valence-electron chi connectivity index (χ3n) is 3.20. The summed E-state index contributed by atoms with van der Waals surface area (Å²) in [6.45, 7) is 12.6. The molecule has 1 aromatic rings. The Morgan fingerprint density at radius 1 is 1.00 bits per heavy atom. The van der Waals surface area contributed by atoms with Crippen molar-refractivity contribution < 1.29 is 24.1 Å². The van der Waals surface area contributed by atoms with Crippen LogP contribution >= 0.6 is 0 Å². The number of carboxylic acid groups (broad SMARTS) is 1. The van der Waals surface area contributed by atoms with Gasteiger partial charge < -0.3 is 19.3 Å². The van der Waals surface area contributed by atoms with Crippen molar-refractivity contribution in [1.82, 2.24) is 9.97 Å². The maximum atomic E-state index is 11.4. The molecule has 1 heterocycles. The van der Waals surface area contributed by atoms with E-state index in [1.807, 2.05) is 41.5 Å². The highest BCUT2D eigenvalue weighted by atomic mass is 16.7. The first kappa shape index (κ1) is 20.3. The minimum atomic E-state index is -1.16. The second kappa shape index (κ2) is 7.90. The lowest BCUT2D eigenvalue weighted by Crippen LogP contribution is -2.26. The molecular weight excluding hydrogens is 312 g/mol. The Labute approximate surface area is 143 Å². The van der Waals surface area contributed by atoms with Gasteiger partial charge in [0, 0.05) is 17.9 Å². The lowest BCUT2D eigenvalue weighted by atomic mass is 9.85. The number of carboxylic acids is 1. The molecule has 24 heavy (non-hydrogen) atoms. The predicted octanol–water partition coefficient (Wildman–Crippen LogP) is 2.77. The lowest BCUT2D eigenvalue weighted by molar-refractivity contribution is -0.0105. The smallest absolute Gasteiger partial charge is 0.373 e. The summed E-state index contributed by atoms with van der Waals surface area (Å²) in [4.78, 5) is 19.8. The highest BCUT2D eigenvalue weighted by molar-refractivity contribution is 5.83. The zero-order valence-corrected chi connectivity index (χ0v) is 15.6. The van der Waals surface area contributed by atoms with E-state index in [1.54, 1.807) is 7.11 Å². The molecule has 0 aliphatic heterocycles. The van der Waals surface area contributed by atoms with Crippen molar-refractivity contribution >= 4 is 5.97 Å². The first-order valence-corrected chi connectivity index (χ1v) is 7.84. The zero-order chi connectivity index (χ0) is 18.5.